The van der Waals surface area contributed by atoms with Crippen LogP contribution in [0.25, 0.3) is 0 Å². The van der Waals surface area contributed by atoms with Gasteiger partial charge in [-0.2, -0.15) is 0 Å². The second-order valence-electron chi connectivity index (χ2n) is 6.18. The van der Waals surface area contributed by atoms with Crippen molar-refractivity contribution in [3.8, 4) is 0 Å². The zero-order chi connectivity index (χ0) is 12.8. The first-order valence-corrected chi connectivity index (χ1v) is 6.72. The van der Waals surface area contributed by atoms with Crippen LogP contribution < -0.4 is 10.6 Å². The van der Waals surface area contributed by atoms with Crippen molar-refractivity contribution in [2.45, 2.75) is 62.6 Å². The Hall–Kier alpha value is -1.10. The molecule has 0 aliphatic heterocycles. The lowest BCUT2D eigenvalue weighted by Gasteiger charge is -2.70. The third-order valence-corrected chi connectivity index (χ3v) is 4.38. The number of hydrogen-bond donors (Lipinski definition) is 2. The first kappa shape index (κ1) is 12.0. The van der Waals surface area contributed by atoms with Gasteiger partial charge in [-0.25, -0.2) is 0 Å². The molecule has 4 aliphatic rings. The maximum Gasteiger partial charge on any atom is 0.246 e. The van der Waals surface area contributed by atoms with Crippen LogP contribution in [-0.4, -0.2) is 35.6 Å². The van der Waals surface area contributed by atoms with Gasteiger partial charge in [-0.1, -0.05) is 0 Å². The van der Waals surface area contributed by atoms with E-state index < -0.39 is 0 Å². The predicted octanol–water partition coefficient (Wildman–Crippen LogP) is 0.483. The van der Waals surface area contributed by atoms with Gasteiger partial charge in [0, 0.05) is 18.0 Å². The van der Waals surface area contributed by atoms with Crippen molar-refractivity contribution in [3.05, 3.63) is 0 Å². The van der Waals surface area contributed by atoms with Gasteiger partial charge in [0.05, 0.1) is 6.10 Å². The summed E-state index contributed by atoms with van der Waals surface area (Å²) in [5.74, 6) is 0.000897. The van der Waals surface area contributed by atoms with E-state index in [2.05, 4.69) is 10.6 Å². The molecule has 4 saturated carbocycles. The van der Waals surface area contributed by atoms with Crippen molar-refractivity contribution in [2.24, 2.45) is 0 Å². The monoisotopic (exact) mass is 252 g/mol. The van der Waals surface area contributed by atoms with Gasteiger partial charge >= 0.3 is 0 Å². The van der Waals surface area contributed by atoms with Crippen molar-refractivity contribution in [1.29, 1.82) is 0 Å². The van der Waals surface area contributed by atoms with E-state index in [0.29, 0.717) is 6.10 Å². The maximum atomic E-state index is 11.7. The molecular weight excluding hydrogens is 232 g/mol. The van der Waals surface area contributed by atoms with E-state index in [1.807, 2.05) is 0 Å². The second-order valence-corrected chi connectivity index (χ2v) is 6.18. The van der Waals surface area contributed by atoms with Gasteiger partial charge in [-0.15, -0.1) is 0 Å². The molecule has 0 aromatic heterocycles. The van der Waals surface area contributed by atoms with E-state index in [9.17, 15) is 9.59 Å². The van der Waals surface area contributed by atoms with Crippen LogP contribution in [0.15, 0.2) is 0 Å². The Morgan fingerprint density at radius 2 is 1.78 bits per heavy atom. The van der Waals surface area contributed by atoms with Crippen LogP contribution >= 0.6 is 0 Å². The standard InChI is InChI=1S/C13H20N2O3/c1-9(16)14-12-6-13(7-12,8-12)15-11(17)5-18-10-3-2-4-10/h10H,2-8H2,1H3,(H,14,16)(H,15,17). The van der Waals surface area contributed by atoms with Crippen LogP contribution in [-0.2, 0) is 14.3 Å². The van der Waals surface area contributed by atoms with Gasteiger partial charge in [0.1, 0.15) is 6.61 Å². The molecule has 5 heteroatoms. The second kappa shape index (κ2) is 3.95. The first-order valence-electron chi connectivity index (χ1n) is 6.72. The lowest BCUT2D eigenvalue weighted by atomic mass is 9.44. The van der Waals surface area contributed by atoms with E-state index in [-0.39, 0.29) is 29.5 Å². The zero-order valence-electron chi connectivity index (χ0n) is 10.8. The number of carbonyl (C=O) groups is 2. The fourth-order valence-corrected chi connectivity index (χ4v) is 3.49. The summed E-state index contributed by atoms with van der Waals surface area (Å²) in [7, 11) is 0. The Morgan fingerprint density at radius 3 is 2.28 bits per heavy atom. The average Bonchev–Trinajstić information content (AvgIpc) is 2.09. The minimum atomic E-state index is -0.0531. The Labute approximate surface area is 107 Å². The smallest absolute Gasteiger partial charge is 0.246 e. The van der Waals surface area contributed by atoms with Crippen LogP contribution in [0.1, 0.15) is 45.4 Å². The zero-order valence-corrected chi connectivity index (χ0v) is 10.8. The molecule has 0 unspecified atom stereocenters. The van der Waals surface area contributed by atoms with Gasteiger partial charge < -0.3 is 15.4 Å². The van der Waals surface area contributed by atoms with Gasteiger partial charge in [-0.3, -0.25) is 9.59 Å². The van der Waals surface area contributed by atoms with Crippen LogP contribution in [0, 0.1) is 0 Å². The maximum absolute atomic E-state index is 11.7. The molecule has 0 radical (unpaired) electrons. The summed E-state index contributed by atoms with van der Waals surface area (Å²) in [6, 6.07) is 0. The molecular formula is C13H20N2O3. The molecule has 0 saturated heterocycles. The highest BCUT2D eigenvalue weighted by molar-refractivity contribution is 5.80. The average molecular weight is 252 g/mol. The van der Waals surface area contributed by atoms with Gasteiger partial charge in [0.2, 0.25) is 11.8 Å². The quantitative estimate of drug-likeness (QED) is 0.748. The topological polar surface area (TPSA) is 67.4 Å². The van der Waals surface area contributed by atoms with Crippen LogP contribution in [0.4, 0.5) is 0 Å². The van der Waals surface area contributed by atoms with Gasteiger partial charge in [0.15, 0.2) is 0 Å². The molecule has 0 aromatic carbocycles. The van der Waals surface area contributed by atoms with Crippen LogP contribution in [0.2, 0.25) is 0 Å². The highest BCUT2D eigenvalue weighted by Crippen LogP contribution is 2.60. The summed E-state index contributed by atoms with van der Waals surface area (Å²) >= 11 is 0. The number of nitrogens with one attached hydrogen (secondary N) is 2. The minimum absolute atomic E-state index is 0.0157. The van der Waals surface area contributed by atoms with Crippen molar-refractivity contribution in [2.75, 3.05) is 6.61 Å². The molecule has 100 valence electrons. The molecule has 4 aliphatic carbocycles. The van der Waals surface area contributed by atoms with Gasteiger partial charge in [0.25, 0.3) is 0 Å². The fourth-order valence-electron chi connectivity index (χ4n) is 3.49. The Balaban J connectivity index is 1.38. The highest BCUT2D eigenvalue weighted by Gasteiger charge is 2.69. The number of carbonyl (C=O) groups excluding carboxylic acids is 2. The molecule has 4 rings (SSSR count). The van der Waals surface area contributed by atoms with E-state index >= 15 is 0 Å². The number of hydrogen-bond acceptors (Lipinski definition) is 3. The third kappa shape index (κ3) is 2.00. The molecule has 5 nitrogen and oxygen atoms in total. The lowest BCUT2D eigenvalue weighted by Crippen LogP contribution is -2.83. The Morgan fingerprint density at radius 1 is 1.17 bits per heavy atom. The van der Waals surface area contributed by atoms with Crippen molar-refractivity contribution in [3.63, 3.8) is 0 Å². The predicted molar refractivity (Wildman–Crippen MR) is 64.9 cm³/mol. The minimum Gasteiger partial charge on any atom is -0.368 e. The van der Waals surface area contributed by atoms with E-state index in [1.54, 1.807) is 0 Å². The van der Waals surface area contributed by atoms with E-state index in [0.717, 1.165) is 32.1 Å². The first-order chi connectivity index (χ1) is 8.51. The summed E-state index contributed by atoms with van der Waals surface area (Å²) in [5.41, 5.74) is -0.0730. The van der Waals surface area contributed by atoms with E-state index in [1.165, 1.54) is 13.3 Å². The SMILES string of the molecule is CC(=O)NC12CC(NC(=O)COC3CCC3)(C1)C2. The Bertz CT molecular complexity index is 370. The third-order valence-electron chi connectivity index (χ3n) is 4.38. The van der Waals surface area contributed by atoms with Crippen molar-refractivity contribution in [1.82, 2.24) is 10.6 Å². The summed E-state index contributed by atoms with van der Waals surface area (Å²) in [4.78, 5) is 22.7. The van der Waals surface area contributed by atoms with Crippen molar-refractivity contribution >= 4 is 11.8 Å². The fraction of sp³-hybridized carbons (Fsp3) is 0.846. The molecule has 0 spiro atoms. The molecule has 4 fully saturated rings. The van der Waals surface area contributed by atoms with Crippen molar-refractivity contribution < 1.29 is 14.3 Å². The summed E-state index contributed by atoms with van der Waals surface area (Å²) in [6.07, 6.45) is 6.30. The molecule has 2 amide bonds. The number of amides is 2. The molecule has 2 bridgehead atoms. The van der Waals surface area contributed by atoms with Crippen LogP contribution in [0.3, 0.4) is 0 Å². The molecule has 18 heavy (non-hydrogen) atoms. The summed E-state index contributed by atoms with van der Waals surface area (Å²) in [6.45, 7) is 1.72. The summed E-state index contributed by atoms with van der Waals surface area (Å²) in [5, 5.41) is 6.01. The van der Waals surface area contributed by atoms with E-state index in [4.69, 9.17) is 4.74 Å². The number of ether oxygens (including phenoxy) is 1. The van der Waals surface area contributed by atoms with Gasteiger partial charge in [-0.05, 0) is 38.5 Å². The highest BCUT2D eigenvalue weighted by atomic mass is 16.5. The summed E-state index contributed by atoms with van der Waals surface area (Å²) < 4.78 is 5.48. The lowest BCUT2D eigenvalue weighted by molar-refractivity contribution is -0.152. The molecule has 2 N–H and O–H groups in total. The van der Waals surface area contributed by atoms with Crippen LogP contribution in [0.5, 0.6) is 0 Å². The Kier molecular flexibility index (Phi) is 2.62. The molecule has 0 heterocycles. The normalized spacial score (nSPS) is 36.9. The largest absolute Gasteiger partial charge is 0.368 e. The molecule has 0 aromatic rings. The molecule has 0 atom stereocenters. The number of rotatable bonds is 5.